The van der Waals surface area contributed by atoms with Gasteiger partial charge in [-0.05, 0) is 30.2 Å². The minimum atomic E-state index is -0.272. The van der Waals surface area contributed by atoms with Gasteiger partial charge in [-0.25, -0.2) is 0 Å². The molecule has 0 aromatic heterocycles. The number of hydrogen-bond donors (Lipinski definition) is 2. The SMILES string of the molecule is C#CCNC(=O)COc1ccc(CNCC(C)C)cc1Cl. The van der Waals surface area contributed by atoms with Gasteiger partial charge in [0.2, 0.25) is 0 Å². The maximum Gasteiger partial charge on any atom is 0.258 e. The van der Waals surface area contributed by atoms with Crippen LogP contribution >= 0.6 is 11.6 Å². The number of nitrogens with one attached hydrogen (secondary N) is 2. The van der Waals surface area contributed by atoms with Crippen LogP contribution < -0.4 is 15.4 Å². The van der Waals surface area contributed by atoms with Gasteiger partial charge in [0.25, 0.3) is 5.91 Å². The van der Waals surface area contributed by atoms with E-state index in [1.54, 1.807) is 6.07 Å². The second-order valence-electron chi connectivity index (χ2n) is 5.06. The zero-order valence-corrected chi connectivity index (χ0v) is 13.2. The summed E-state index contributed by atoms with van der Waals surface area (Å²) >= 11 is 6.14. The maximum absolute atomic E-state index is 11.4. The van der Waals surface area contributed by atoms with Crippen LogP contribution in [0, 0.1) is 18.3 Å². The zero-order valence-electron chi connectivity index (χ0n) is 12.4. The van der Waals surface area contributed by atoms with Gasteiger partial charge in [0.05, 0.1) is 11.6 Å². The van der Waals surface area contributed by atoms with Crippen molar-refractivity contribution >= 4 is 17.5 Å². The van der Waals surface area contributed by atoms with Crippen molar-refractivity contribution in [1.82, 2.24) is 10.6 Å². The predicted molar refractivity (Wildman–Crippen MR) is 85.3 cm³/mol. The summed E-state index contributed by atoms with van der Waals surface area (Å²) in [4.78, 5) is 11.4. The fraction of sp³-hybridized carbons (Fsp3) is 0.438. The Morgan fingerprint density at radius 1 is 1.48 bits per heavy atom. The summed E-state index contributed by atoms with van der Waals surface area (Å²) in [5.74, 6) is 3.14. The first-order chi connectivity index (χ1) is 10.0. The van der Waals surface area contributed by atoms with E-state index < -0.39 is 0 Å². The Balaban J connectivity index is 2.46. The highest BCUT2D eigenvalue weighted by Crippen LogP contribution is 2.25. The summed E-state index contributed by atoms with van der Waals surface area (Å²) in [6, 6.07) is 5.53. The lowest BCUT2D eigenvalue weighted by Gasteiger charge is -2.11. The van der Waals surface area contributed by atoms with E-state index >= 15 is 0 Å². The molecule has 0 fully saturated rings. The van der Waals surface area contributed by atoms with Crippen LogP contribution in [-0.2, 0) is 11.3 Å². The molecule has 0 spiro atoms. The summed E-state index contributed by atoms with van der Waals surface area (Å²) in [5, 5.41) is 6.35. The maximum atomic E-state index is 11.4. The molecule has 4 nitrogen and oxygen atoms in total. The number of hydrogen-bond acceptors (Lipinski definition) is 3. The topological polar surface area (TPSA) is 50.4 Å². The van der Waals surface area contributed by atoms with E-state index in [-0.39, 0.29) is 19.1 Å². The Kier molecular flexibility index (Phi) is 7.66. The number of carbonyl (C=O) groups is 1. The molecule has 0 bridgehead atoms. The van der Waals surface area contributed by atoms with Gasteiger partial charge < -0.3 is 15.4 Å². The van der Waals surface area contributed by atoms with E-state index in [0.717, 1.165) is 18.7 Å². The molecular formula is C16H21ClN2O2. The Labute approximate surface area is 131 Å². The molecule has 1 amide bonds. The molecule has 0 saturated heterocycles. The van der Waals surface area contributed by atoms with E-state index in [0.29, 0.717) is 16.7 Å². The van der Waals surface area contributed by atoms with Crippen molar-refractivity contribution in [3.05, 3.63) is 28.8 Å². The normalized spacial score (nSPS) is 10.2. The highest BCUT2D eigenvalue weighted by atomic mass is 35.5. The molecule has 114 valence electrons. The summed E-state index contributed by atoms with van der Waals surface area (Å²) < 4.78 is 5.36. The molecule has 2 N–H and O–H groups in total. The lowest BCUT2D eigenvalue weighted by atomic mass is 10.2. The molecule has 1 aromatic rings. The quantitative estimate of drug-likeness (QED) is 0.724. The van der Waals surface area contributed by atoms with E-state index in [2.05, 4.69) is 30.4 Å². The Bertz CT molecular complexity index is 509. The number of carbonyl (C=O) groups excluding carboxylic acids is 1. The van der Waals surface area contributed by atoms with Crippen molar-refractivity contribution in [2.75, 3.05) is 19.7 Å². The molecule has 0 heterocycles. The van der Waals surface area contributed by atoms with Crippen molar-refractivity contribution < 1.29 is 9.53 Å². The van der Waals surface area contributed by atoms with Gasteiger partial charge in [0, 0.05) is 6.54 Å². The molecule has 0 saturated carbocycles. The zero-order chi connectivity index (χ0) is 15.7. The predicted octanol–water partition coefficient (Wildman–Crippen LogP) is 2.21. The second-order valence-corrected chi connectivity index (χ2v) is 5.47. The molecule has 21 heavy (non-hydrogen) atoms. The Morgan fingerprint density at radius 2 is 2.24 bits per heavy atom. The van der Waals surface area contributed by atoms with Crippen LogP contribution in [0.2, 0.25) is 5.02 Å². The molecule has 1 rings (SSSR count). The smallest absolute Gasteiger partial charge is 0.258 e. The molecular weight excluding hydrogens is 288 g/mol. The third-order valence-electron chi connectivity index (χ3n) is 2.62. The minimum Gasteiger partial charge on any atom is -0.482 e. The second kappa shape index (κ2) is 9.28. The lowest BCUT2D eigenvalue weighted by Crippen LogP contribution is -2.29. The van der Waals surface area contributed by atoms with Crippen LogP contribution in [0.25, 0.3) is 0 Å². The average Bonchev–Trinajstić information content (AvgIpc) is 2.43. The molecule has 0 radical (unpaired) electrons. The van der Waals surface area contributed by atoms with E-state index in [1.807, 2.05) is 12.1 Å². The van der Waals surface area contributed by atoms with Gasteiger partial charge >= 0.3 is 0 Å². The number of rotatable bonds is 8. The van der Waals surface area contributed by atoms with Crippen molar-refractivity contribution in [1.29, 1.82) is 0 Å². The van der Waals surface area contributed by atoms with Gasteiger partial charge in [0.1, 0.15) is 5.75 Å². The highest BCUT2D eigenvalue weighted by Gasteiger charge is 2.06. The first kappa shape index (κ1) is 17.4. The van der Waals surface area contributed by atoms with Gasteiger partial charge in [-0.15, -0.1) is 6.42 Å². The van der Waals surface area contributed by atoms with Crippen molar-refractivity contribution in [2.24, 2.45) is 5.92 Å². The number of ether oxygens (including phenoxy) is 1. The number of amides is 1. The number of halogens is 1. The van der Waals surface area contributed by atoms with Crippen molar-refractivity contribution in [3.8, 4) is 18.1 Å². The molecule has 0 atom stereocenters. The standard InChI is InChI=1S/C16H21ClN2O2/c1-4-7-19-16(20)11-21-15-6-5-13(8-14(15)17)10-18-9-12(2)3/h1,5-6,8,12,18H,7,9-11H2,2-3H3,(H,19,20). The van der Waals surface area contributed by atoms with Crippen LogP contribution in [0.15, 0.2) is 18.2 Å². The Morgan fingerprint density at radius 3 is 2.86 bits per heavy atom. The molecule has 0 aliphatic carbocycles. The molecule has 1 aromatic carbocycles. The fourth-order valence-corrected chi connectivity index (χ4v) is 1.88. The molecule has 5 heteroatoms. The monoisotopic (exact) mass is 308 g/mol. The summed E-state index contributed by atoms with van der Waals surface area (Å²) in [7, 11) is 0. The number of terminal acetylenes is 1. The van der Waals surface area contributed by atoms with Crippen LogP contribution in [0.5, 0.6) is 5.75 Å². The summed E-state index contributed by atoms with van der Waals surface area (Å²) in [6.07, 6.45) is 5.05. The third kappa shape index (κ3) is 7.03. The first-order valence-electron chi connectivity index (χ1n) is 6.85. The minimum absolute atomic E-state index is 0.105. The van der Waals surface area contributed by atoms with E-state index in [9.17, 15) is 4.79 Å². The van der Waals surface area contributed by atoms with Crippen molar-refractivity contribution in [2.45, 2.75) is 20.4 Å². The molecule has 0 aliphatic rings. The summed E-state index contributed by atoms with van der Waals surface area (Å²) in [6.45, 7) is 6.10. The molecule has 0 aliphatic heterocycles. The van der Waals surface area contributed by atoms with Gasteiger partial charge in [-0.1, -0.05) is 37.4 Å². The Hall–Kier alpha value is -1.70. The highest BCUT2D eigenvalue weighted by molar-refractivity contribution is 6.32. The van der Waals surface area contributed by atoms with E-state index in [4.69, 9.17) is 22.8 Å². The van der Waals surface area contributed by atoms with Crippen LogP contribution in [-0.4, -0.2) is 25.6 Å². The van der Waals surface area contributed by atoms with Crippen LogP contribution in [0.4, 0.5) is 0 Å². The average molecular weight is 309 g/mol. The lowest BCUT2D eigenvalue weighted by molar-refractivity contribution is -0.122. The van der Waals surface area contributed by atoms with E-state index in [1.165, 1.54) is 0 Å². The van der Waals surface area contributed by atoms with Crippen LogP contribution in [0.1, 0.15) is 19.4 Å². The fourth-order valence-electron chi connectivity index (χ4n) is 1.62. The molecule has 0 unspecified atom stereocenters. The van der Waals surface area contributed by atoms with Crippen LogP contribution in [0.3, 0.4) is 0 Å². The number of benzene rings is 1. The van der Waals surface area contributed by atoms with Gasteiger partial charge in [-0.2, -0.15) is 0 Å². The third-order valence-corrected chi connectivity index (χ3v) is 2.92. The van der Waals surface area contributed by atoms with Crippen molar-refractivity contribution in [3.63, 3.8) is 0 Å². The van der Waals surface area contributed by atoms with Gasteiger partial charge in [0.15, 0.2) is 6.61 Å². The first-order valence-corrected chi connectivity index (χ1v) is 7.22. The largest absolute Gasteiger partial charge is 0.482 e. The summed E-state index contributed by atoms with van der Waals surface area (Å²) in [5.41, 5.74) is 1.07. The van der Waals surface area contributed by atoms with Gasteiger partial charge in [-0.3, -0.25) is 4.79 Å².